The Labute approximate surface area is 290 Å². The highest BCUT2D eigenvalue weighted by Gasteiger charge is 2.27. The molecule has 0 spiro atoms. The van der Waals surface area contributed by atoms with Crippen molar-refractivity contribution in [1.82, 2.24) is 25.3 Å². The summed E-state index contributed by atoms with van der Waals surface area (Å²) in [6.07, 6.45) is 13.2. The van der Waals surface area contributed by atoms with Gasteiger partial charge in [0.15, 0.2) is 5.75 Å². The van der Waals surface area contributed by atoms with Crippen molar-refractivity contribution in [2.45, 2.75) is 32.6 Å². The van der Waals surface area contributed by atoms with Gasteiger partial charge in [0.25, 0.3) is 0 Å². The number of aromatic amines is 3. The van der Waals surface area contributed by atoms with Crippen LogP contribution in [-0.4, -0.2) is 84.6 Å². The van der Waals surface area contributed by atoms with Crippen LogP contribution in [0, 0.1) is 0 Å². The Kier molecular flexibility index (Phi) is 8.65. The fourth-order valence-corrected chi connectivity index (χ4v) is 6.79. The Hall–Kier alpha value is -4.76. The fourth-order valence-electron chi connectivity index (χ4n) is 6.79. The number of fused-ring (bicyclic) bond motifs is 8. The molecule has 2 aliphatic heterocycles. The molecule has 8 nitrogen and oxygen atoms in total. The van der Waals surface area contributed by atoms with Crippen LogP contribution in [0.3, 0.4) is 0 Å². The number of quaternary nitrogens is 2. The number of hydroxylamine groups is 2. The number of nitrogens with one attached hydrogen (secondary N) is 4. The van der Waals surface area contributed by atoms with Crippen molar-refractivity contribution in [3.63, 3.8) is 0 Å². The van der Waals surface area contributed by atoms with Crippen LogP contribution in [0.25, 0.3) is 23.3 Å². The second-order valence-electron chi connectivity index (χ2n) is 15.2. The summed E-state index contributed by atoms with van der Waals surface area (Å²) in [6.45, 7) is 4.16. The van der Waals surface area contributed by atoms with E-state index in [-0.39, 0.29) is 0 Å². The minimum Gasteiger partial charge on any atom is -0.362 e. The maximum Gasteiger partial charge on any atom is 0.193 e. The van der Waals surface area contributed by atoms with Gasteiger partial charge in [-0.2, -0.15) is 0 Å². The van der Waals surface area contributed by atoms with Crippen molar-refractivity contribution < 1.29 is 14.1 Å². The zero-order valence-electron chi connectivity index (χ0n) is 30.1. The third-order valence-corrected chi connectivity index (χ3v) is 9.90. The fraction of sp³-hybridized carbons (Fsp3) is 0.317. The van der Waals surface area contributed by atoms with Gasteiger partial charge >= 0.3 is 0 Å². The first-order valence-electron chi connectivity index (χ1n) is 17.4. The van der Waals surface area contributed by atoms with Gasteiger partial charge in [-0.3, -0.25) is 4.84 Å². The molecule has 5 heterocycles. The minimum absolute atomic E-state index is 0.307. The van der Waals surface area contributed by atoms with Gasteiger partial charge < -0.3 is 24.8 Å². The van der Waals surface area contributed by atoms with Gasteiger partial charge in [0.1, 0.15) is 20.6 Å². The minimum atomic E-state index is 0.307. The molecular formula is C41H51N7O+2. The van der Waals surface area contributed by atoms with Crippen molar-refractivity contribution in [1.29, 1.82) is 0 Å². The van der Waals surface area contributed by atoms with Crippen molar-refractivity contribution in [3.05, 3.63) is 134 Å². The number of H-pyrrole nitrogens is 3. The second-order valence-corrected chi connectivity index (χ2v) is 15.2. The van der Waals surface area contributed by atoms with Crippen LogP contribution in [0.4, 0.5) is 0 Å². The third-order valence-electron chi connectivity index (χ3n) is 9.90. The van der Waals surface area contributed by atoms with Gasteiger partial charge in [0, 0.05) is 63.1 Å². The summed E-state index contributed by atoms with van der Waals surface area (Å²) in [5.74, 6) is 0.824. The highest BCUT2D eigenvalue weighted by Crippen LogP contribution is 2.37. The summed E-state index contributed by atoms with van der Waals surface area (Å²) in [7, 11) is 12.9. The van der Waals surface area contributed by atoms with Crippen LogP contribution in [0.15, 0.2) is 95.4 Å². The predicted molar refractivity (Wildman–Crippen MR) is 200 cm³/mol. The standard InChI is InChI=1S/C41H51N7O/c1-28-8-10-29(11-9-28)40-36-20-14-31(42-36)26-33-16-22-38(44-33)41(39-23-17-34(45-39)27-32-15-21-37(40)43-32)30-12-18-35(19-13-30)49-48(6,7)46(2)24-25-47(3,4)5/h8,10,12-14,16-20,22-23,26-27,42-45H,9,11,15,21,24-25H2,1-7H3/q+2. The number of allylic oxidation sites excluding steroid dienone is 7. The Bertz CT molecular complexity index is 2100. The molecule has 1 aromatic carbocycles. The molecule has 0 saturated carbocycles. The van der Waals surface area contributed by atoms with Gasteiger partial charge in [0.2, 0.25) is 0 Å². The molecule has 1 saturated heterocycles. The van der Waals surface area contributed by atoms with Crippen molar-refractivity contribution in [2.75, 3.05) is 55.4 Å². The van der Waals surface area contributed by atoms with E-state index in [0.29, 0.717) is 4.76 Å². The van der Waals surface area contributed by atoms with Crippen LogP contribution in [-0.2, 0) is 0 Å². The quantitative estimate of drug-likeness (QED) is 0.143. The largest absolute Gasteiger partial charge is 0.362 e. The lowest BCUT2D eigenvalue weighted by molar-refractivity contribution is -1.14. The SMILES string of the molecule is CC1=CC=C(C2=C3CCC(=Cc4ccc([nH]4)C(c4ccc(O[N+](C)(C)N(C)CC[N+](C)(C)C)cc4)=c4ccc([nH]4)=Cc4ccc2[nH]4)N3)CC1. The van der Waals surface area contributed by atoms with Gasteiger partial charge in [-0.1, -0.05) is 34.6 Å². The average molecular weight is 658 g/mol. The van der Waals surface area contributed by atoms with Crippen LogP contribution >= 0.6 is 0 Å². The summed E-state index contributed by atoms with van der Waals surface area (Å²) < 4.78 is 1.22. The maximum absolute atomic E-state index is 6.48. The van der Waals surface area contributed by atoms with E-state index in [1.54, 1.807) is 0 Å². The van der Waals surface area contributed by atoms with Crippen molar-refractivity contribution in [3.8, 4) is 5.75 Å². The maximum atomic E-state index is 6.48. The van der Waals surface area contributed by atoms with Crippen LogP contribution in [0.1, 0.15) is 60.9 Å². The molecule has 8 heteroatoms. The molecule has 0 atom stereocenters. The number of rotatable bonds is 8. The Morgan fingerprint density at radius 2 is 1.43 bits per heavy atom. The molecule has 49 heavy (non-hydrogen) atoms. The number of hydrogen-bond donors (Lipinski definition) is 4. The second kappa shape index (κ2) is 12.9. The van der Waals surface area contributed by atoms with Gasteiger partial charge in [-0.15, -0.1) is 5.01 Å². The molecule has 8 bridgehead atoms. The van der Waals surface area contributed by atoms with Crippen LogP contribution < -0.4 is 20.9 Å². The summed E-state index contributed by atoms with van der Waals surface area (Å²) in [4.78, 5) is 17.7. The number of aromatic nitrogens is 3. The van der Waals surface area contributed by atoms with E-state index in [0.717, 1.165) is 93.6 Å². The molecule has 254 valence electrons. The van der Waals surface area contributed by atoms with Gasteiger partial charge in [0.05, 0.1) is 27.7 Å². The molecule has 4 N–H and O–H groups in total. The highest BCUT2D eigenvalue weighted by atomic mass is 16.8. The molecule has 4 aromatic rings. The Morgan fingerprint density at radius 3 is 2.12 bits per heavy atom. The first-order valence-corrected chi connectivity index (χ1v) is 17.4. The Morgan fingerprint density at radius 1 is 0.714 bits per heavy atom. The average Bonchev–Trinajstić information content (AvgIpc) is 3.88. The zero-order valence-corrected chi connectivity index (χ0v) is 30.1. The number of benzene rings is 1. The number of nitrogens with zero attached hydrogens (tertiary/aromatic N) is 3. The summed E-state index contributed by atoms with van der Waals surface area (Å²) in [5, 5.41) is 8.13. The molecule has 7 rings (SSSR count). The van der Waals surface area contributed by atoms with E-state index in [2.05, 4.69) is 159 Å². The van der Waals surface area contributed by atoms with E-state index in [9.17, 15) is 0 Å². The first kappa shape index (κ1) is 32.8. The molecule has 0 amide bonds. The molecule has 1 aliphatic carbocycles. The van der Waals surface area contributed by atoms with Gasteiger partial charge in [-0.25, -0.2) is 0 Å². The van der Waals surface area contributed by atoms with E-state index in [4.69, 9.17) is 4.84 Å². The summed E-state index contributed by atoms with van der Waals surface area (Å²) in [6, 6.07) is 21.6. The number of hydrogen-bond acceptors (Lipinski definition) is 3. The normalized spacial score (nSPS) is 16.7. The van der Waals surface area contributed by atoms with Gasteiger partial charge in [-0.05, 0) is 104 Å². The number of likely N-dealkylation sites (N-methyl/N-ethyl adjacent to an activating group) is 2. The monoisotopic (exact) mass is 657 g/mol. The Balaban J connectivity index is 1.26. The lowest BCUT2D eigenvalue weighted by atomic mass is 9.90. The molecule has 0 unspecified atom stereocenters. The molecule has 3 aliphatic rings. The third kappa shape index (κ3) is 7.32. The van der Waals surface area contributed by atoms with Crippen LogP contribution in [0.5, 0.6) is 5.75 Å². The van der Waals surface area contributed by atoms with E-state index >= 15 is 0 Å². The molecule has 3 aromatic heterocycles. The summed E-state index contributed by atoms with van der Waals surface area (Å²) >= 11 is 0. The predicted octanol–water partition coefficient (Wildman–Crippen LogP) is 5.79. The highest BCUT2D eigenvalue weighted by molar-refractivity contribution is 5.82. The van der Waals surface area contributed by atoms with Crippen molar-refractivity contribution >= 4 is 23.3 Å². The summed E-state index contributed by atoms with van der Waals surface area (Å²) in [5.41, 5.74) is 13.2. The van der Waals surface area contributed by atoms with E-state index < -0.39 is 0 Å². The lowest BCUT2D eigenvalue weighted by Gasteiger charge is -2.36. The first-order chi connectivity index (χ1) is 23.4. The van der Waals surface area contributed by atoms with Crippen molar-refractivity contribution in [2.24, 2.45) is 0 Å². The zero-order chi connectivity index (χ0) is 34.3. The molecule has 1 fully saturated rings. The smallest absolute Gasteiger partial charge is 0.193 e. The molecular weight excluding hydrogens is 606 g/mol. The van der Waals surface area contributed by atoms with E-state index in [1.807, 2.05) is 0 Å². The molecule has 0 radical (unpaired) electrons. The lowest BCUT2D eigenvalue weighted by Crippen LogP contribution is -2.57. The van der Waals surface area contributed by atoms with E-state index in [1.165, 1.54) is 28.1 Å². The topological polar surface area (TPSA) is 71.9 Å². The van der Waals surface area contributed by atoms with Crippen LogP contribution in [0.2, 0.25) is 0 Å².